The molecular weight excluding hydrogens is 299 g/mol. The van der Waals surface area contributed by atoms with Crippen molar-refractivity contribution < 1.29 is 4.42 Å². The van der Waals surface area contributed by atoms with Gasteiger partial charge in [0.2, 0.25) is 5.82 Å². The fraction of sp³-hybridized carbons (Fsp3) is 0. The lowest BCUT2D eigenvalue weighted by atomic mass is 10.3. The van der Waals surface area contributed by atoms with E-state index in [4.69, 9.17) is 27.6 Å². The molecule has 1 N–H and O–H groups in total. The average Bonchev–Trinajstić information content (AvgIpc) is 2.42. The van der Waals surface area contributed by atoms with E-state index in [-0.39, 0.29) is 5.82 Å². The van der Waals surface area contributed by atoms with Crippen molar-refractivity contribution in [1.29, 1.82) is 0 Å². The number of hydrogen-bond donors (Lipinski definition) is 1. The molecule has 0 radical (unpaired) electrons. The fourth-order valence-electron chi connectivity index (χ4n) is 1.75. The van der Waals surface area contributed by atoms with E-state index in [9.17, 15) is 4.79 Å². The van der Waals surface area contributed by atoms with Crippen LogP contribution >= 0.6 is 23.2 Å². The van der Waals surface area contributed by atoms with Crippen molar-refractivity contribution in [3.63, 3.8) is 0 Å². The summed E-state index contributed by atoms with van der Waals surface area (Å²) in [4.78, 5) is 16.1. The van der Waals surface area contributed by atoms with Crippen LogP contribution < -0.4 is 10.9 Å². The van der Waals surface area contributed by atoms with E-state index >= 15 is 0 Å². The highest BCUT2D eigenvalue weighted by Crippen LogP contribution is 2.24. The standard InChI is InChI=1S/C14H8Cl2N2O2/c15-8-5-6-12-11(7-8)18-13(14(19)20-12)17-10-4-2-1-3-9(10)16/h1-7H,(H,17,18). The first-order chi connectivity index (χ1) is 9.63. The number of aromatic nitrogens is 1. The molecule has 0 aliphatic rings. The van der Waals surface area contributed by atoms with Gasteiger partial charge in [-0.3, -0.25) is 0 Å². The van der Waals surface area contributed by atoms with Gasteiger partial charge in [0.05, 0.1) is 10.7 Å². The van der Waals surface area contributed by atoms with E-state index in [1.54, 1.807) is 42.5 Å². The summed E-state index contributed by atoms with van der Waals surface area (Å²) in [6.45, 7) is 0. The Morgan fingerprint density at radius 1 is 1.10 bits per heavy atom. The molecule has 0 fully saturated rings. The van der Waals surface area contributed by atoms with Crippen molar-refractivity contribution in [2.24, 2.45) is 0 Å². The predicted molar refractivity (Wildman–Crippen MR) is 80.0 cm³/mol. The van der Waals surface area contributed by atoms with Crippen molar-refractivity contribution >= 4 is 45.8 Å². The maximum atomic E-state index is 11.9. The van der Waals surface area contributed by atoms with Crippen LogP contribution in [0.15, 0.2) is 51.7 Å². The van der Waals surface area contributed by atoms with Gasteiger partial charge in [0, 0.05) is 5.02 Å². The normalized spacial score (nSPS) is 10.7. The van der Waals surface area contributed by atoms with Gasteiger partial charge in [-0.2, -0.15) is 0 Å². The summed E-state index contributed by atoms with van der Waals surface area (Å²) >= 11 is 11.9. The Labute approximate surface area is 124 Å². The number of para-hydroxylation sites is 1. The molecule has 1 aromatic heterocycles. The topological polar surface area (TPSA) is 55.1 Å². The van der Waals surface area contributed by atoms with Crippen molar-refractivity contribution in [2.75, 3.05) is 5.32 Å². The maximum absolute atomic E-state index is 11.9. The van der Waals surface area contributed by atoms with E-state index in [0.29, 0.717) is 26.8 Å². The third kappa shape index (κ3) is 2.48. The lowest BCUT2D eigenvalue weighted by Crippen LogP contribution is -2.09. The van der Waals surface area contributed by atoms with E-state index in [1.807, 2.05) is 0 Å². The summed E-state index contributed by atoms with van der Waals surface area (Å²) < 4.78 is 5.18. The summed E-state index contributed by atoms with van der Waals surface area (Å²) in [7, 11) is 0. The SMILES string of the molecule is O=c1oc2ccc(Cl)cc2nc1Nc1ccccc1Cl. The molecule has 0 unspecified atom stereocenters. The van der Waals surface area contributed by atoms with Crippen LogP contribution in [0.4, 0.5) is 11.5 Å². The van der Waals surface area contributed by atoms with Crippen molar-refractivity contribution in [3.05, 3.63) is 62.9 Å². The Morgan fingerprint density at radius 2 is 1.90 bits per heavy atom. The molecule has 0 aliphatic heterocycles. The second-order valence-electron chi connectivity index (χ2n) is 4.07. The van der Waals surface area contributed by atoms with Gasteiger partial charge in [0.25, 0.3) is 0 Å². The molecule has 0 bridgehead atoms. The number of anilines is 2. The second-order valence-corrected chi connectivity index (χ2v) is 4.91. The number of rotatable bonds is 2. The van der Waals surface area contributed by atoms with Crippen LogP contribution in [-0.4, -0.2) is 4.98 Å². The van der Waals surface area contributed by atoms with Crippen LogP contribution in [0.1, 0.15) is 0 Å². The molecule has 0 saturated heterocycles. The molecule has 0 amide bonds. The summed E-state index contributed by atoms with van der Waals surface area (Å²) in [5.41, 5.74) is 0.880. The van der Waals surface area contributed by atoms with Crippen LogP contribution in [0.3, 0.4) is 0 Å². The van der Waals surface area contributed by atoms with Crippen LogP contribution in [0.2, 0.25) is 10.0 Å². The quantitative estimate of drug-likeness (QED) is 0.769. The molecule has 2 aromatic carbocycles. The third-order valence-corrected chi connectivity index (χ3v) is 3.24. The lowest BCUT2D eigenvalue weighted by Gasteiger charge is -2.06. The van der Waals surface area contributed by atoms with Gasteiger partial charge in [0.1, 0.15) is 5.52 Å². The molecule has 3 rings (SSSR count). The highest BCUT2D eigenvalue weighted by Gasteiger charge is 2.09. The Morgan fingerprint density at radius 3 is 2.70 bits per heavy atom. The molecule has 1 heterocycles. The summed E-state index contributed by atoms with van der Waals surface area (Å²) in [5.74, 6) is 0.0628. The summed E-state index contributed by atoms with van der Waals surface area (Å²) in [6.07, 6.45) is 0. The zero-order chi connectivity index (χ0) is 14.1. The van der Waals surface area contributed by atoms with Crippen LogP contribution in [0.5, 0.6) is 0 Å². The number of fused-ring (bicyclic) bond motifs is 1. The molecule has 3 aromatic rings. The first kappa shape index (κ1) is 13.0. The summed E-state index contributed by atoms with van der Waals surface area (Å²) in [6, 6.07) is 11.9. The van der Waals surface area contributed by atoms with Crippen LogP contribution in [0.25, 0.3) is 11.1 Å². The number of halogens is 2. The highest BCUT2D eigenvalue weighted by atomic mass is 35.5. The van der Waals surface area contributed by atoms with Gasteiger partial charge in [-0.15, -0.1) is 0 Å². The molecule has 0 spiro atoms. The summed E-state index contributed by atoms with van der Waals surface area (Å²) in [5, 5.41) is 3.86. The molecule has 20 heavy (non-hydrogen) atoms. The van der Waals surface area contributed by atoms with Crippen molar-refractivity contribution in [2.45, 2.75) is 0 Å². The number of nitrogens with one attached hydrogen (secondary N) is 1. The molecule has 100 valence electrons. The van der Waals surface area contributed by atoms with Crippen molar-refractivity contribution in [3.8, 4) is 0 Å². The van der Waals surface area contributed by atoms with E-state index < -0.39 is 5.63 Å². The molecular formula is C14H8Cl2N2O2. The minimum atomic E-state index is -0.570. The number of hydrogen-bond acceptors (Lipinski definition) is 4. The molecule has 0 aliphatic carbocycles. The zero-order valence-corrected chi connectivity index (χ0v) is 11.6. The van der Waals surface area contributed by atoms with Crippen LogP contribution in [0, 0.1) is 0 Å². The van der Waals surface area contributed by atoms with E-state index in [0.717, 1.165) is 0 Å². The Bertz CT molecular complexity index is 846. The predicted octanol–water partition coefficient (Wildman–Crippen LogP) is 4.24. The van der Waals surface area contributed by atoms with Gasteiger partial charge in [0.15, 0.2) is 5.58 Å². The molecule has 6 heteroatoms. The maximum Gasteiger partial charge on any atom is 0.379 e. The van der Waals surface area contributed by atoms with Crippen molar-refractivity contribution in [1.82, 2.24) is 4.98 Å². The Balaban J connectivity index is 2.10. The molecule has 0 saturated carbocycles. The van der Waals surface area contributed by atoms with Gasteiger partial charge in [-0.25, -0.2) is 9.78 Å². The molecule has 4 nitrogen and oxygen atoms in total. The van der Waals surface area contributed by atoms with Gasteiger partial charge >= 0.3 is 5.63 Å². The highest BCUT2D eigenvalue weighted by molar-refractivity contribution is 6.33. The zero-order valence-electron chi connectivity index (χ0n) is 10.1. The first-order valence-electron chi connectivity index (χ1n) is 5.75. The fourth-order valence-corrected chi connectivity index (χ4v) is 2.10. The monoisotopic (exact) mass is 306 g/mol. The lowest BCUT2D eigenvalue weighted by molar-refractivity contribution is 0.558. The van der Waals surface area contributed by atoms with Crippen LogP contribution in [-0.2, 0) is 0 Å². The third-order valence-electron chi connectivity index (χ3n) is 2.68. The van der Waals surface area contributed by atoms with Gasteiger partial charge < -0.3 is 9.73 Å². The number of nitrogens with zero attached hydrogens (tertiary/aromatic N) is 1. The smallest absolute Gasteiger partial charge is 0.379 e. The van der Waals surface area contributed by atoms with E-state index in [2.05, 4.69) is 10.3 Å². The van der Waals surface area contributed by atoms with E-state index in [1.165, 1.54) is 0 Å². The minimum absolute atomic E-state index is 0.0628. The largest absolute Gasteiger partial charge is 0.418 e. The Kier molecular flexibility index (Phi) is 3.34. The van der Waals surface area contributed by atoms with Gasteiger partial charge in [-0.1, -0.05) is 35.3 Å². The van der Waals surface area contributed by atoms with Gasteiger partial charge in [-0.05, 0) is 30.3 Å². The first-order valence-corrected chi connectivity index (χ1v) is 6.51. The Hall–Kier alpha value is -2.04. The minimum Gasteiger partial charge on any atom is -0.418 e. The number of benzene rings is 2. The average molecular weight is 307 g/mol. The second kappa shape index (κ2) is 5.15. The molecule has 0 atom stereocenters.